The topological polar surface area (TPSA) is 98.0 Å². The van der Waals surface area contributed by atoms with Gasteiger partial charge in [0.25, 0.3) is 0 Å². The summed E-state index contributed by atoms with van der Waals surface area (Å²) >= 11 is 0.953. The number of rotatable bonds is 4. The van der Waals surface area contributed by atoms with E-state index in [-0.39, 0.29) is 10.6 Å². The van der Waals surface area contributed by atoms with Gasteiger partial charge in [0.1, 0.15) is 16.6 Å². The van der Waals surface area contributed by atoms with Crippen LogP contribution in [-0.2, 0) is 0 Å². The lowest BCUT2D eigenvalue weighted by Gasteiger charge is -2.00. The van der Waals surface area contributed by atoms with Crippen LogP contribution in [0.25, 0.3) is 0 Å². The lowest BCUT2D eigenvalue weighted by molar-refractivity contribution is 0.210. The number of anilines is 2. The third kappa shape index (κ3) is 2.82. The van der Waals surface area contributed by atoms with E-state index in [1.165, 1.54) is 0 Å². The number of carboxylic acid groups (broad SMARTS) is 1. The summed E-state index contributed by atoms with van der Waals surface area (Å²) < 4.78 is 3.96. The van der Waals surface area contributed by atoms with Gasteiger partial charge in [0.15, 0.2) is 5.82 Å². The van der Waals surface area contributed by atoms with Crippen molar-refractivity contribution in [3.8, 4) is 6.07 Å². The van der Waals surface area contributed by atoms with Crippen LogP contribution in [0.15, 0.2) is 0 Å². The molecule has 1 aromatic rings. The minimum Gasteiger partial charge on any atom is -0.465 e. The quantitative estimate of drug-likeness (QED) is 0.728. The maximum Gasteiger partial charge on any atom is 0.409 e. The summed E-state index contributed by atoms with van der Waals surface area (Å²) in [5.74, 6) is 0.438. The average Bonchev–Trinajstić information content (AvgIpc) is 2.56. The number of hydrogen-bond acceptors (Lipinski definition) is 5. The maximum atomic E-state index is 10.4. The SMILES string of the molecule is CCCNc1nsc(NC(=O)O)c1C#N. The summed E-state index contributed by atoms with van der Waals surface area (Å²) in [5, 5.41) is 22.7. The van der Waals surface area contributed by atoms with E-state index in [0.717, 1.165) is 18.0 Å². The van der Waals surface area contributed by atoms with Crippen LogP contribution in [0.4, 0.5) is 15.6 Å². The number of nitriles is 1. The minimum atomic E-state index is -1.20. The number of carbonyl (C=O) groups is 1. The van der Waals surface area contributed by atoms with Crippen molar-refractivity contribution in [2.24, 2.45) is 0 Å². The van der Waals surface area contributed by atoms with Gasteiger partial charge in [-0.25, -0.2) is 4.79 Å². The second kappa shape index (κ2) is 5.17. The number of aromatic nitrogens is 1. The molecule has 0 aromatic carbocycles. The second-order valence-corrected chi connectivity index (χ2v) is 3.48. The summed E-state index contributed by atoms with van der Waals surface area (Å²) in [5.41, 5.74) is 0.246. The number of amides is 1. The van der Waals surface area contributed by atoms with Gasteiger partial charge < -0.3 is 10.4 Å². The van der Waals surface area contributed by atoms with Crippen molar-refractivity contribution in [1.82, 2.24) is 4.37 Å². The van der Waals surface area contributed by atoms with Gasteiger partial charge in [-0.05, 0) is 18.0 Å². The number of nitrogens with one attached hydrogen (secondary N) is 2. The summed E-state index contributed by atoms with van der Waals surface area (Å²) in [6.07, 6.45) is -0.290. The van der Waals surface area contributed by atoms with E-state index in [2.05, 4.69) is 15.0 Å². The third-order valence-corrected chi connectivity index (χ3v) is 2.33. The van der Waals surface area contributed by atoms with Crippen LogP contribution in [0.1, 0.15) is 18.9 Å². The first kappa shape index (κ1) is 11.3. The average molecular weight is 226 g/mol. The van der Waals surface area contributed by atoms with E-state index in [9.17, 15) is 4.79 Å². The van der Waals surface area contributed by atoms with E-state index in [1.54, 1.807) is 0 Å². The van der Waals surface area contributed by atoms with Gasteiger partial charge in [-0.3, -0.25) is 5.32 Å². The molecule has 80 valence electrons. The Kier molecular flexibility index (Phi) is 3.88. The molecule has 1 aromatic heterocycles. The van der Waals surface area contributed by atoms with Gasteiger partial charge in [0.05, 0.1) is 0 Å². The molecule has 3 N–H and O–H groups in total. The molecule has 1 rings (SSSR count). The monoisotopic (exact) mass is 226 g/mol. The maximum absolute atomic E-state index is 10.4. The zero-order chi connectivity index (χ0) is 11.3. The predicted octanol–water partition coefficient (Wildman–Crippen LogP) is 1.93. The van der Waals surface area contributed by atoms with E-state index < -0.39 is 6.09 Å². The van der Waals surface area contributed by atoms with Crippen molar-refractivity contribution in [2.75, 3.05) is 17.2 Å². The van der Waals surface area contributed by atoms with Crippen molar-refractivity contribution in [1.29, 1.82) is 5.26 Å². The Hall–Kier alpha value is -1.81. The standard InChI is InChI=1S/C8H10N4O2S/c1-2-3-10-6-5(4-9)7(15-12-6)11-8(13)14/h11H,2-3H2,1H3,(H,10,12)(H,13,14). The lowest BCUT2D eigenvalue weighted by Crippen LogP contribution is -2.07. The Bertz CT molecular complexity index is 396. The molecule has 7 heteroatoms. The largest absolute Gasteiger partial charge is 0.465 e. The van der Waals surface area contributed by atoms with Gasteiger partial charge in [0, 0.05) is 6.54 Å². The van der Waals surface area contributed by atoms with Crippen LogP contribution in [0.2, 0.25) is 0 Å². The van der Waals surface area contributed by atoms with Crippen molar-refractivity contribution in [3.05, 3.63) is 5.56 Å². The molecule has 1 amide bonds. The summed E-state index contributed by atoms with van der Waals surface area (Å²) in [6, 6.07) is 1.92. The highest BCUT2D eigenvalue weighted by Gasteiger charge is 2.14. The first-order valence-corrected chi connectivity index (χ1v) is 5.10. The van der Waals surface area contributed by atoms with E-state index >= 15 is 0 Å². The van der Waals surface area contributed by atoms with Crippen LogP contribution < -0.4 is 10.6 Å². The molecule has 0 aliphatic carbocycles. The van der Waals surface area contributed by atoms with Crippen molar-refractivity contribution < 1.29 is 9.90 Å². The number of hydrogen-bond donors (Lipinski definition) is 3. The predicted molar refractivity (Wildman–Crippen MR) is 57.3 cm³/mol. The Morgan fingerprint density at radius 1 is 1.73 bits per heavy atom. The molecule has 0 unspecified atom stereocenters. The molecule has 0 radical (unpaired) electrons. The lowest BCUT2D eigenvalue weighted by atomic mass is 10.3. The fourth-order valence-electron chi connectivity index (χ4n) is 0.940. The molecular formula is C8H10N4O2S. The molecular weight excluding hydrogens is 216 g/mol. The van der Waals surface area contributed by atoms with Crippen LogP contribution in [0.3, 0.4) is 0 Å². The normalized spacial score (nSPS) is 9.33. The first-order valence-electron chi connectivity index (χ1n) is 4.32. The minimum absolute atomic E-state index is 0.246. The second-order valence-electron chi connectivity index (χ2n) is 2.70. The van der Waals surface area contributed by atoms with Crippen LogP contribution in [0.5, 0.6) is 0 Å². The molecule has 0 atom stereocenters. The molecule has 1 heterocycles. The zero-order valence-electron chi connectivity index (χ0n) is 8.07. The summed E-state index contributed by atoms with van der Waals surface area (Å²) in [7, 11) is 0. The third-order valence-electron chi connectivity index (χ3n) is 1.57. The Balaban J connectivity index is 2.86. The fourth-order valence-corrected chi connectivity index (χ4v) is 1.65. The van der Waals surface area contributed by atoms with Gasteiger partial charge in [0.2, 0.25) is 0 Å². The molecule has 15 heavy (non-hydrogen) atoms. The Morgan fingerprint density at radius 2 is 2.47 bits per heavy atom. The van der Waals surface area contributed by atoms with E-state index in [1.807, 2.05) is 13.0 Å². The van der Waals surface area contributed by atoms with Crippen molar-refractivity contribution in [2.45, 2.75) is 13.3 Å². The van der Waals surface area contributed by atoms with Gasteiger partial charge in [-0.2, -0.15) is 9.64 Å². The molecule has 0 bridgehead atoms. The molecule has 0 aliphatic heterocycles. The van der Waals surface area contributed by atoms with E-state index in [4.69, 9.17) is 10.4 Å². The fraction of sp³-hybridized carbons (Fsp3) is 0.375. The molecule has 0 aliphatic rings. The van der Waals surface area contributed by atoms with E-state index in [0.29, 0.717) is 12.4 Å². The van der Waals surface area contributed by atoms with Crippen LogP contribution in [0, 0.1) is 11.3 Å². The molecule has 6 nitrogen and oxygen atoms in total. The van der Waals surface area contributed by atoms with Crippen LogP contribution >= 0.6 is 11.5 Å². The smallest absolute Gasteiger partial charge is 0.409 e. The molecule has 0 spiro atoms. The molecule has 0 fully saturated rings. The van der Waals surface area contributed by atoms with Gasteiger partial charge in [-0.1, -0.05) is 6.92 Å². The summed E-state index contributed by atoms with van der Waals surface area (Å²) in [4.78, 5) is 10.4. The van der Waals surface area contributed by atoms with Crippen molar-refractivity contribution in [3.63, 3.8) is 0 Å². The van der Waals surface area contributed by atoms with Gasteiger partial charge >= 0.3 is 6.09 Å². The highest BCUT2D eigenvalue weighted by atomic mass is 32.1. The highest BCUT2D eigenvalue weighted by Crippen LogP contribution is 2.27. The first-order chi connectivity index (χ1) is 7.19. The highest BCUT2D eigenvalue weighted by molar-refractivity contribution is 7.11. The Morgan fingerprint density at radius 3 is 3.00 bits per heavy atom. The molecule has 0 saturated carbocycles. The molecule has 0 saturated heterocycles. The zero-order valence-corrected chi connectivity index (χ0v) is 8.89. The summed E-state index contributed by atoms with van der Waals surface area (Å²) in [6.45, 7) is 2.69. The van der Waals surface area contributed by atoms with Gasteiger partial charge in [-0.15, -0.1) is 0 Å². The number of nitrogens with zero attached hydrogens (tertiary/aromatic N) is 2. The van der Waals surface area contributed by atoms with Crippen molar-refractivity contribution >= 4 is 28.4 Å². The Labute approximate surface area is 90.7 Å². The van der Waals surface area contributed by atoms with Crippen LogP contribution in [-0.4, -0.2) is 22.1 Å².